The SMILES string of the molecule is CCN(CC)CCN(C)C(=O)c1ccc(-c2cc(C(F)(F)F)nn2-c2ccccc2Cl)cc1. The lowest BCUT2D eigenvalue weighted by Crippen LogP contribution is -2.36. The Morgan fingerprint density at radius 1 is 1.03 bits per heavy atom. The highest BCUT2D eigenvalue weighted by Gasteiger charge is 2.35. The molecule has 0 fully saturated rings. The number of rotatable bonds is 8. The van der Waals surface area contributed by atoms with E-state index in [1.165, 1.54) is 4.68 Å². The number of hydrogen-bond donors (Lipinski definition) is 0. The van der Waals surface area contributed by atoms with Crippen LogP contribution in [0.5, 0.6) is 0 Å². The van der Waals surface area contributed by atoms with Gasteiger partial charge in [0.1, 0.15) is 0 Å². The van der Waals surface area contributed by atoms with Crippen LogP contribution in [0.15, 0.2) is 54.6 Å². The summed E-state index contributed by atoms with van der Waals surface area (Å²) in [5.74, 6) is -0.149. The maximum atomic E-state index is 13.4. The summed E-state index contributed by atoms with van der Waals surface area (Å²) in [6.45, 7) is 7.31. The van der Waals surface area contributed by atoms with Gasteiger partial charge in [0, 0.05) is 31.3 Å². The monoisotopic (exact) mass is 478 g/mol. The highest BCUT2D eigenvalue weighted by Crippen LogP contribution is 2.34. The molecule has 176 valence electrons. The lowest BCUT2D eigenvalue weighted by molar-refractivity contribution is -0.141. The average molecular weight is 479 g/mol. The molecule has 0 spiro atoms. The maximum Gasteiger partial charge on any atom is 0.435 e. The molecule has 0 N–H and O–H groups in total. The number of likely N-dealkylation sites (N-methyl/N-ethyl adjacent to an activating group) is 2. The van der Waals surface area contributed by atoms with Gasteiger partial charge in [0.15, 0.2) is 5.69 Å². The molecule has 0 unspecified atom stereocenters. The first-order valence-electron chi connectivity index (χ1n) is 10.7. The van der Waals surface area contributed by atoms with Crippen LogP contribution in [0.25, 0.3) is 16.9 Å². The van der Waals surface area contributed by atoms with Crippen molar-refractivity contribution in [3.05, 3.63) is 70.9 Å². The normalized spacial score (nSPS) is 11.8. The van der Waals surface area contributed by atoms with Gasteiger partial charge in [-0.1, -0.05) is 49.7 Å². The smallest absolute Gasteiger partial charge is 0.340 e. The van der Waals surface area contributed by atoms with E-state index < -0.39 is 11.9 Å². The number of amides is 1. The van der Waals surface area contributed by atoms with E-state index in [2.05, 4.69) is 23.8 Å². The van der Waals surface area contributed by atoms with Crippen LogP contribution in [0, 0.1) is 0 Å². The van der Waals surface area contributed by atoms with E-state index in [4.69, 9.17) is 11.6 Å². The van der Waals surface area contributed by atoms with Crippen molar-refractivity contribution in [2.24, 2.45) is 0 Å². The van der Waals surface area contributed by atoms with Crippen LogP contribution < -0.4 is 0 Å². The molecule has 0 aliphatic heterocycles. The number of alkyl halides is 3. The highest BCUT2D eigenvalue weighted by atomic mass is 35.5. The van der Waals surface area contributed by atoms with Crippen LogP contribution in [-0.4, -0.2) is 58.7 Å². The van der Waals surface area contributed by atoms with E-state index in [1.54, 1.807) is 60.5 Å². The molecule has 0 saturated carbocycles. The molecule has 1 heterocycles. The first kappa shape index (κ1) is 24.8. The highest BCUT2D eigenvalue weighted by molar-refractivity contribution is 6.32. The zero-order chi connectivity index (χ0) is 24.2. The largest absolute Gasteiger partial charge is 0.435 e. The molecule has 0 bridgehead atoms. The number of halogens is 4. The second-order valence-corrected chi connectivity index (χ2v) is 8.01. The van der Waals surface area contributed by atoms with E-state index in [1.807, 2.05) is 0 Å². The van der Waals surface area contributed by atoms with Crippen LogP contribution in [-0.2, 0) is 6.18 Å². The van der Waals surface area contributed by atoms with Gasteiger partial charge in [0.25, 0.3) is 5.91 Å². The van der Waals surface area contributed by atoms with Crippen LogP contribution in [0.3, 0.4) is 0 Å². The summed E-state index contributed by atoms with van der Waals surface area (Å²) >= 11 is 6.22. The number of carbonyl (C=O) groups excluding carboxylic acids is 1. The van der Waals surface area contributed by atoms with E-state index >= 15 is 0 Å². The minimum atomic E-state index is -4.61. The topological polar surface area (TPSA) is 41.4 Å². The molecule has 9 heteroatoms. The Hall–Kier alpha value is -2.84. The van der Waals surface area contributed by atoms with Crippen molar-refractivity contribution in [1.82, 2.24) is 19.6 Å². The fraction of sp³-hybridized carbons (Fsp3) is 0.333. The van der Waals surface area contributed by atoms with Crippen LogP contribution >= 0.6 is 11.6 Å². The van der Waals surface area contributed by atoms with Gasteiger partial charge < -0.3 is 9.80 Å². The lowest BCUT2D eigenvalue weighted by atomic mass is 10.1. The molecular formula is C24H26ClF3N4O. The van der Waals surface area contributed by atoms with E-state index in [0.717, 1.165) is 25.7 Å². The fourth-order valence-corrected chi connectivity index (χ4v) is 3.68. The Labute approximate surface area is 196 Å². The molecule has 0 atom stereocenters. The first-order chi connectivity index (χ1) is 15.7. The maximum absolute atomic E-state index is 13.4. The van der Waals surface area contributed by atoms with Gasteiger partial charge >= 0.3 is 6.18 Å². The van der Waals surface area contributed by atoms with Crippen molar-refractivity contribution in [3.8, 4) is 16.9 Å². The average Bonchev–Trinajstić information content (AvgIpc) is 3.25. The Kier molecular flexibility index (Phi) is 7.81. The standard InChI is InChI=1S/C24H26ClF3N4O/c1-4-31(5-2)15-14-30(3)23(33)18-12-10-17(11-13-18)21-16-22(24(26,27)28)29-32(21)20-9-7-6-8-19(20)25/h6-13,16H,4-5,14-15H2,1-3H3. The second-order valence-electron chi connectivity index (χ2n) is 7.61. The molecule has 33 heavy (non-hydrogen) atoms. The summed E-state index contributed by atoms with van der Waals surface area (Å²) in [5.41, 5.74) is 0.486. The molecule has 0 saturated heterocycles. The number of benzene rings is 2. The minimum absolute atomic E-state index is 0.149. The molecule has 1 aromatic heterocycles. The third-order valence-electron chi connectivity index (χ3n) is 5.50. The van der Waals surface area contributed by atoms with Crippen LogP contribution in [0.2, 0.25) is 5.02 Å². The Morgan fingerprint density at radius 2 is 1.67 bits per heavy atom. The number of nitrogens with zero attached hydrogens (tertiary/aromatic N) is 4. The summed E-state index contributed by atoms with van der Waals surface area (Å²) in [4.78, 5) is 16.6. The third-order valence-corrected chi connectivity index (χ3v) is 5.82. The molecule has 0 aliphatic rings. The van der Waals surface area contributed by atoms with E-state index in [-0.39, 0.29) is 16.6 Å². The molecule has 0 aliphatic carbocycles. The first-order valence-corrected chi connectivity index (χ1v) is 11.0. The van der Waals surface area contributed by atoms with Gasteiger partial charge in [-0.05, 0) is 43.4 Å². The van der Waals surface area contributed by atoms with Gasteiger partial charge in [0.2, 0.25) is 0 Å². The van der Waals surface area contributed by atoms with E-state index in [0.29, 0.717) is 23.4 Å². The Morgan fingerprint density at radius 3 is 2.24 bits per heavy atom. The molecule has 3 rings (SSSR count). The number of aromatic nitrogens is 2. The summed E-state index contributed by atoms with van der Waals surface area (Å²) in [6.07, 6.45) is -4.61. The third kappa shape index (κ3) is 5.75. The van der Waals surface area contributed by atoms with Crippen molar-refractivity contribution in [3.63, 3.8) is 0 Å². The van der Waals surface area contributed by atoms with E-state index in [9.17, 15) is 18.0 Å². The van der Waals surface area contributed by atoms with Gasteiger partial charge in [-0.15, -0.1) is 0 Å². The molecule has 0 radical (unpaired) electrons. The Bertz CT molecular complexity index is 1090. The zero-order valence-electron chi connectivity index (χ0n) is 18.7. The van der Waals surface area contributed by atoms with Crippen molar-refractivity contribution < 1.29 is 18.0 Å². The predicted octanol–water partition coefficient (Wildman–Crippen LogP) is 5.63. The molecule has 3 aromatic rings. The van der Waals surface area contributed by atoms with Crippen molar-refractivity contribution in [2.75, 3.05) is 33.2 Å². The summed E-state index contributed by atoms with van der Waals surface area (Å²) in [7, 11) is 1.74. The summed E-state index contributed by atoms with van der Waals surface area (Å²) in [6, 6.07) is 14.0. The summed E-state index contributed by atoms with van der Waals surface area (Å²) < 4.78 is 41.3. The molecule has 2 aromatic carbocycles. The molecule has 5 nitrogen and oxygen atoms in total. The second kappa shape index (κ2) is 10.4. The minimum Gasteiger partial charge on any atom is -0.340 e. The predicted molar refractivity (Wildman–Crippen MR) is 124 cm³/mol. The quantitative estimate of drug-likeness (QED) is 0.421. The van der Waals surface area contributed by atoms with Crippen molar-refractivity contribution >= 4 is 17.5 Å². The molecular weight excluding hydrogens is 453 g/mol. The van der Waals surface area contributed by atoms with Gasteiger partial charge in [0.05, 0.1) is 16.4 Å². The Balaban J connectivity index is 1.89. The number of hydrogen-bond acceptors (Lipinski definition) is 3. The van der Waals surface area contributed by atoms with Gasteiger partial charge in [-0.25, -0.2) is 4.68 Å². The van der Waals surface area contributed by atoms with Crippen LogP contribution in [0.1, 0.15) is 29.9 Å². The summed E-state index contributed by atoms with van der Waals surface area (Å²) in [5, 5.41) is 4.03. The van der Waals surface area contributed by atoms with Crippen molar-refractivity contribution in [2.45, 2.75) is 20.0 Å². The van der Waals surface area contributed by atoms with Crippen molar-refractivity contribution in [1.29, 1.82) is 0 Å². The van der Waals surface area contributed by atoms with Crippen LogP contribution in [0.4, 0.5) is 13.2 Å². The molecule has 1 amide bonds. The number of para-hydroxylation sites is 1. The zero-order valence-corrected chi connectivity index (χ0v) is 19.5. The fourth-order valence-electron chi connectivity index (χ4n) is 3.47. The number of carbonyl (C=O) groups is 1. The van der Waals surface area contributed by atoms with Gasteiger partial charge in [-0.2, -0.15) is 18.3 Å². The van der Waals surface area contributed by atoms with Gasteiger partial charge in [-0.3, -0.25) is 4.79 Å². The lowest BCUT2D eigenvalue weighted by Gasteiger charge is -2.23.